The summed E-state index contributed by atoms with van der Waals surface area (Å²) in [7, 11) is 6.00. The number of rotatable bonds is 42. The number of carboxylic acid groups (broad SMARTS) is 4. The van der Waals surface area contributed by atoms with Crippen molar-refractivity contribution in [2.75, 3.05) is 101 Å². The van der Waals surface area contributed by atoms with Crippen molar-refractivity contribution in [3.63, 3.8) is 0 Å². The molecule has 3 saturated heterocycles. The van der Waals surface area contributed by atoms with E-state index in [4.69, 9.17) is 43.2 Å². The number of anilines is 4. The highest BCUT2D eigenvalue weighted by Gasteiger charge is 2.79. The number of ether oxygens (including phenoxy) is 2. The summed E-state index contributed by atoms with van der Waals surface area (Å²) in [6.07, 6.45) is 4.41. The van der Waals surface area contributed by atoms with Crippen LogP contribution in [0.3, 0.4) is 0 Å². The molecule has 49 nitrogen and oxygen atoms in total. The van der Waals surface area contributed by atoms with Crippen LogP contribution >= 0.6 is 11.8 Å². The Morgan fingerprint density at radius 1 is 0.718 bits per heavy atom. The quantitative estimate of drug-likeness (QED) is 0.00436. The van der Waals surface area contributed by atoms with Crippen LogP contribution in [0.15, 0.2) is 123 Å². The Kier molecular flexibility index (Phi) is 34.9. The largest absolute Gasteiger partial charge is 0.496 e. The number of benzene rings is 4. The number of aromatic nitrogens is 5. The molecule has 2 unspecified atom stereocenters. The van der Waals surface area contributed by atoms with Crippen LogP contribution in [0.4, 0.5) is 23.0 Å². The number of aromatic amines is 2. The summed E-state index contributed by atoms with van der Waals surface area (Å²) >= 11 is 0.807. The summed E-state index contributed by atoms with van der Waals surface area (Å²) < 4.78 is 12.5. The number of aliphatic hydroxyl groups is 3. The number of aliphatic hydroxyl groups excluding tert-OH is 1. The van der Waals surface area contributed by atoms with E-state index in [1.165, 1.54) is 44.6 Å². The summed E-state index contributed by atoms with van der Waals surface area (Å²) in [4.78, 5) is 229. The zero-order chi connectivity index (χ0) is 108. The van der Waals surface area contributed by atoms with Gasteiger partial charge in [-0.2, -0.15) is 10.1 Å². The Morgan fingerprint density at radius 3 is 2.01 bits per heavy atom. The number of fused-ring (bicyclic) bond motifs is 7. The molecule has 17 atom stereocenters. The molecule has 7 aliphatic rings. The standard InChI is InChI=1S/C69H88N12O15S.C30H39N13O9/c1-8-65(93)32-39-33-68(63(92)96-7,54-43(21-26-79(34-39)36-65)42-15-10-11-16-46(42)73-54)45-28-44-49(30-50(45)95-6)78(5)60-67(44)23-27-80-25-13-22-66(9-2,59(67)80)61(90)69(60,94)62(91)77-76-38(4)40-17-19-41(20-18-40)81-52(82)31-51(57(81)87)97-35-48(58(88)89)75-56(86)47(29-53(83)84)74-55(85)37(3)14-12-24-72-64(70)71;1-34-25(48)19(11-21(45)46)41-26(49)17(3-2-10-35-29(31)32)39-20(44)9-8-18(28(51)52)40-24(47)14-4-6-15(7-5-14)36-12-16-13-37-23-22(38-16)27(50)43-30(33)42-23/h10-11,13,15-20,22,28,30,37,39,47-48,51,59-61,73,90,93-94H,8-9,12,14,21,23-27,29,31-36H2,1-7H3,(H,74,85)(H,75,86)(H,77,91)(H,83,84)(H,88,89)(H4,70,71,72);4-7,13,17-19,36H,2-3,8-12H2,1H3,(H,34,48)(H,39,44)(H,40,47)(H,41,49)(H,45,46)(H,51,52)(H4,31,32,35)(H3,33,37,42,43,50)/b76-38+;/t37-,39+,47-,48-,51?,59-,60+,61+,65-,66+,67+,68-,69-;17-,18-,19-/m00/s1. The SMILES string of the molecule is CC[C@]1(O)C[C@H]2CN(CCc3c([nH]c4ccccc34)[C@@](C(=O)OC)(c3cc4c(cc3OC)N(C)[C@H]3[C@@](O)(C(=O)N/N=C(\C)c5ccc(N6C(=O)CC(SC[C@H](NC(=O)[C@H](CC(=O)O)NC(=O)[C@@H](C)CCCN=C(N)N)C(=O)O)C6=O)cc5)[C@H](O)[C@]5(CC)C=CCN6CC[C@]43[C@@H]65)C2)C1.CNC(=O)[C@H](CC(=O)O)NC(=O)[C@H](CCCN=C(N)N)NC(=O)CC[C@H](NC(=O)c1ccc(NCc2cnc3nc(N)[nH]c(=O)c3n2)cc1)C(=O)O. The van der Waals surface area contributed by atoms with Gasteiger partial charge >= 0.3 is 29.8 Å². The zero-order valence-electron chi connectivity index (χ0n) is 83.5. The van der Waals surface area contributed by atoms with Gasteiger partial charge in [0.15, 0.2) is 28.7 Å². The van der Waals surface area contributed by atoms with Gasteiger partial charge < -0.3 is 121 Å². The number of hydrazone groups is 1. The van der Waals surface area contributed by atoms with Gasteiger partial charge in [-0.15, -0.1) is 11.8 Å². The third kappa shape index (κ3) is 23.6. The normalized spacial score (nSPS) is 23.7. The summed E-state index contributed by atoms with van der Waals surface area (Å²) in [5.74, 6) is -14.6. The van der Waals surface area contributed by atoms with Crippen molar-refractivity contribution >= 4 is 157 Å². The highest BCUT2D eigenvalue weighted by Crippen LogP contribution is 2.68. The Labute approximate surface area is 858 Å². The van der Waals surface area contributed by atoms with Crippen molar-refractivity contribution < 1.29 is 112 Å². The molecule has 6 aliphatic heterocycles. The molecule has 9 amide bonds. The molecule has 4 aromatic carbocycles. The molecule has 1 aliphatic carbocycles. The zero-order valence-corrected chi connectivity index (χ0v) is 84.3. The number of H-pyrrole nitrogens is 2. The van der Waals surface area contributed by atoms with E-state index in [1.54, 1.807) is 52.3 Å². The minimum absolute atomic E-state index is 0.0137. The van der Waals surface area contributed by atoms with E-state index >= 15 is 9.59 Å². The fourth-order valence-corrected chi connectivity index (χ4v) is 23.1. The second-order valence-corrected chi connectivity index (χ2v) is 39.7. The van der Waals surface area contributed by atoms with Crippen LogP contribution in [0.1, 0.15) is 162 Å². The Hall–Kier alpha value is -15.3. The van der Waals surface area contributed by atoms with Crippen LogP contribution in [0, 0.1) is 17.3 Å². The topological polar surface area (TPSA) is 763 Å². The van der Waals surface area contributed by atoms with Gasteiger partial charge in [0.2, 0.25) is 47.3 Å². The minimum atomic E-state index is -2.57. The number of imide groups is 1. The predicted molar refractivity (Wildman–Crippen MR) is 546 cm³/mol. The molecule has 7 aromatic rings. The molecule has 4 fully saturated rings. The number of piperidine rings is 1. The van der Waals surface area contributed by atoms with E-state index in [0.29, 0.717) is 117 Å². The van der Waals surface area contributed by atoms with Gasteiger partial charge in [-0.3, -0.25) is 87.1 Å². The number of nitrogens with one attached hydrogen (secondary N) is 10. The second-order valence-electron chi connectivity index (χ2n) is 38.5. The minimum Gasteiger partial charge on any atom is -0.496 e. The summed E-state index contributed by atoms with van der Waals surface area (Å²) in [6.45, 7) is 10.5. The van der Waals surface area contributed by atoms with Crippen molar-refractivity contribution in [1.29, 1.82) is 0 Å². The number of guanidine groups is 2. The third-order valence-corrected chi connectivity index (χ3v) is 30.3. The molecular weight excluding hydrogens is 1960 g/mol. The predicted octanol–water partition coefficient (Wildman–Crippen LogP) is -0.514. The number of aliphatic imine (C=N–C) groups is 2. The molecule has 149 heavy (non-hydrogen) atoms. The molecule has 2 bridgehead atoms. The van der Waals surface area contributed by atoms with Gasteiger partial charge in [-0.1, -0.05) is 63.3 Å². The molecule has 798 valence electrons. The third-order valence-electron chi connectivity index (χ3n) is 29.0. The highest BCUT2D eigenvalue weighted by atomic mass is 32.2. The highest BCUT2D eigenvalue weighted by molar-refractivity contribution is 8.00. The maximum Gasteiger partial charge on any atom is 0.327 e. The Morgan fingerprint density at radius 2 is 1.37 bits per heavy atom. The lowest BCUT2D eigenvalue weighted by Crippen LogP contribution is -2.81. The average molecular weight is 2080 g/mol. The summed E-state index contributed by atoms with van der Waals surface area (Å²) in [6, 6.07) is 15.0. The number of nitrogen functional groups attached to an aromatic ring is 1. The van der Waals surface area contributed by atoms with Crippen molar-refractivity contribution in [3.05, 3.63) is 153 Å². The molecule has 27 N–H and O–H groups in total. The van der Waals surface area contributed by atoms with E-state index in [2.05, 4.69) is 98.5 Å². The molecule has 3 aromatic heterocycles. The maximum atomic E-state index is 15.6. The average Bonchev–Trinajstić information content (AvgIpc) is 1.48. The number of methoxy groups -OCH3 is 2. The maximum absolute atomic E-state index is 15.6. The smallest absolute Gasteiger partial charge is 0.327 e. The van der Waals surface area contributed by atoms with Gasteiger partial charge in [-0.25, -0.2) is 29.9 Å². The molecule has 14 rings (SSSR count). The fourth-order valence-electron chi connectivity index (χ4n) is 21.9. The number of hydrogen-bond donors (Lipinski definition) is 22. The number of esters is 1. The number of thioether (sulfide) groups is 1. The number of carbonyl (C=O) groups is 14. The van der Waals surface area contributed by atoms with Gasteiger partial charge in [0.25, 0.3) is 17.4 Å². The first-order valence-electron chi connectivity index (χ1n) is 48.8. The van der Waals surface area contributed by atoms with Crippen LogP contribution in [0.5, 0.6) is 5.75 Å². The Balaban J connectivity index is 0.000000301. The number of carboxylic acids is 4. The van der Waals surface area contributed by atoms with Gasteiger partial charge in [0.05, 0.1) is 73.8 Å². The monoisotopic (exact) mass is 2080 g/mol. The van der Waals surface area contributed by atoms with Crippen LogP contribution in [0.25, 0.3) is 22.1 Å². The fraction of sp³-hybridized carbons (Fsp3) is 0.485. The number of nitrogens with zero attached hydrogens (tertiary/aromatic N) is 10. The van der Waals surface area contributed by atoms with Gasteiger partial charge in [0, 0.05) is 140 Å². The summed E-state index contributed by atoms with van der Waals surface area (Å²) in [5.41, 5.74) is 28.0. The van der Waals surface area contributed by atoms with Crippen molar-refractivity contribution in [2.24, 2.45) is 55.3 Å². The number of nitrogens with two attached hydrogens (primary N) is 5. The first-order valence-corrected chi connectivity index (χ1v) is 49.8. The van der Waals surface area contributed by atoms with E-state index < -0.39 is 201 Å². The number of aliphatic carboxylic acids is 4. The molecule has 1 spiro atoms. The lowest BCUT2D eigenvalue weighted by Gasteiger charge is -2.63. The molecular formula is C99H127N25O24S. The lowest BCUT2D eigenvalue weighted by atomic mass is 9.47. The van der Waals surface area contributed by atoms with Crippen LogP contribution in [-0.4, -0.2) is 316 Å². The van der Waals surface area contributed by atoms with Crippen molar-refractivity contribution in [2.45, 2.75) is 206 Å². The van der Waals surface area contributed by atoms with Crippen LogP contribution < -0.4 is 91.4 Å². The van der Waals surface area contributed by atoms with Crippen LogP contribution in [0.2, 0.25) is 0 Å². The van der Waals surface area contributed by atoms with Crippen molar-refractivity contribution in [1.82, 2.24) is 72.0 Å². The molecule has 0 radical (unpaired) electrons. The number of amides is 9. The number of para-hydroxylation sites is 1. The molecule has 50 heteroatoms. The van der Waals surface area contributed by atoms with E-state index in [9.17, 15) is 93.0 Å². The lowest BCUT2D eigenvalue weighted by molar-refractivity contribution is -0.203. The van der Waals surface area contributed by atoms with Gasteiger partial charge in [0.1, 0.15) is 47.5 Å². The number of hydrogen-bond acceptors (Lipinski definition) is 32. The van der Waals surface area contributed by atoms with E-state index in [0.717, 1.165) is 38.7 Å². The number of likely N-dealkylation sites (N-methyl/N-ethyl adjacent to an activating group) is 2. The van der Waals surface area contributed by atoms with Crippen molar-refractivity contribution in [3.8, 4) is 5.75 Å². The van der Waals surface area contributed by atoms with Crippen LogP contribution in [-0.2, 0) is 90.9 Å². The molecule has 1 saturated carbocycles. The molecule has 9 heterocycles. The Bertz CT molecular complexity index is 6500. The summed E-state index contributed by atoms with van der Waals surface area (Å²) in [5, 5.41) is 99.2. The second kappa shape index (κ2) is 46.8. The van der Waals surface area contributed by atoms with E-state index in [1.807, 2.05) is 61.2 Å². The first kappa shape index (κ1) is 111. The first-order chi connectivity index (χ1) is 70.8. The number of carbonyl (C=O) groups excluding carboxylic acids is 10. The van der Waals surface area contributed by atoms with E-state index in [-0.39, 0.29) is 104 Å². The van der Waals surface area contributed by atoms with Gasteiger partial charge in [-0.05, 0) is 155 Å².